The zero-order valence-electron chi connectivity index (χ0n) is 39.2. The lowest BCUT2D eigenvalue weighted by molar-refractivity contribution is 1.62. The second-order valence-corrected chi connectivity index (χ2v) is 15.0. The summed E-state index contributed by atoms with van der Waals surface area (Å²) >= 11 is 0. The lowest BCUT2D eigenvalue weighted by atomic mass is 9.84. The van der Waals surface area contributed by atoms with Gasteiger partial charge in [0, 0.05) is 0 Å². The molecule has 0 bridgehead atoms. The third-order valence-electron chi connectivity index (χ3n) is 11.8. The molecule has 0 radical (unpaired) electrons. The lowest BCUT2D eigenvalue weighted by Gasteiger charge is -2.19. The highest BCUT2D eigenvalue weighted by Crippen LogP contribution is 2.46. The fraction of sp³-hybridized carbons (Fsp3) is 0. The summed E-state index contributed by atoms with van der Waals surface area (Å²) in [6.45, 7) is 0. The van der Waals surface area contributed by atoms with E-state index in [2.05, 4.69) is 103 Å². The van der Waals surface area contributed by atoms with Crippen LogP contribution in [-0.2, 0) is 0 Å². The second-order valence-electron chi connectivity index (χ2n) is 15.0. The molecule has 0 aliphatic heterocycles. The summed E-state index contributed by atoms with van der Waals surface area (Å²) in [6, 6.07) is 54.6. The highest BCUT2D eigenvalue weighted by atomic mass is 14.2. The van der Waals surface area contributed by atoms with Gasteiger partial charge in [-0.2, -0.15) is 0 Å². The van der Waals surface area contributed by atoms with E-state index in [1.165, 1.54) is 5.39 Å². The molecule has 0 atom stereocenters. The van der Waals surface area contributed by atoms with Crippen LogP contribution in [0.3, 0.4) is 0 Å². The van der Waals surface area contributed by atoms with E-state index in [9.17, 15) is 5.48 Å². The molecule has 0 fully saturated rings. The molecule has 12 aromatic rings. The van der Waals surface area contributed by atoms with Crippen molar-refractivity contribution in [1.29, 1.82) is 0 Å². The van der Waals surface area contributed by atoms with Crippen molar-refractivity contribution in [2.24, 2.45) is 0 Å². The van der Waals surface area contributed by atoms with Crippen LogP contribution >= 0.6 is 0 Å². The van der Waals surface area contributed by atoms with Gasteiger partial charge in [0.05, 0.1) is 11.0 Å². The number of hydrogen-bond donors (Lipinski definition) is 0. The van der Waals surface area contributed by atoms with Crippen LogP contribution in [0.15, 0.2) is 218 Å². The average Bonchev–Trinajstić information content (AvgIpc) is 3.37. The third-order valence-corrected chi connectivity index (χ3v) is 11.8. The molecular weight excluding hydrogens is 697 g/mol. The van der Waals surface area contributed by atoms with E-state index in [4.69, 9.17) is 5.48 Å². The van der Waals surface area contributed by atoms with Crippen molar-refractivity contribution in [2.45, 2.75) is 0 Å². The molecule has 12 aromatic carbocycles. The number of fused-ring (bicyclic) bond motifs is 11. The van der Waals surface area contributed by atoms with Crippen molar-refractivity contribution in [3.63, 3.8) is 0 Å². The quantitative estimate of drug-likeness (QED) is 0.124. The van der Waals surface area contributed by atoms with Gasteiger partial charge in [0.2, 0.25) is 0 Å². The van der Waals surface area contributed by atoms with Gasteiger partial charge in [0.25, 0.3) is 0 Å². The van der Waals surface area contributed by atoms with Gasteiger partial charge < -0.3 is 0 Å². The van der Waals surface area contributed by atoms with Crippen LogP contribution in [-0.4, -0.2) is 0 Å². The molecule has 0 N–H and O–H groups in total. The Morgan fingerprint density at radius 2 is 0.724 bits per heavy atom. The SMILES string of the molecule is [2H]c1c([2H])c([2H])c2c(-c3cccc(-c4cc5c6ccccc6c6ccccc6c5c5ccccc45)c3)c3c([2H])c([2H])c([2H])c([2H])c3c(-c3ccc(-c4ccc5ccccc5c4)cc3)c2c1[2H]. The third kappa shape index (κ3) is 5.02. The molecule has 0 saturated carbocycles. The van der Waals surface area contributed by atoms with Gasteiger partial charge in [-0.25, -0.2) is 0 Å². The normalized spacial score (nSPS) is 13.7. The van der Waals surface area contributed by atoms with Crippen molar-refractivity contribution in [3.8, 4) is 44.5 Å². The Bertz CT molecular complexity index is 4000. The first kappa shape index (κ1) is 25.6. The smallest absolute Gasteiger partial charge is 0.0616 e. The van der Waals surface area contributed by atoms with E-state index < -0.39 is 24.2 Å². The predicted octanol–water partition coefficient (Wildman–Crippen LogP) is 16.4. The predicted molar refractivity (Wildman–Crippen MR) is 251 cm³/mol. The first-order chi connectivity index (χ1) is 32.1. The topological polar surface area (TPSA) is 0 Å². The van der Waals surface area contributed by atoms with Gasteiger partial charge in [-0.05, 0) is 138 Å². The van der Waals surface area contributed by atoms with E-state index in [0.717, 1.165) is 70.7 Å². The van der Waals surface area contributed by atoms with Gasteiger partial charge in [-0.3, -0.25) is 0 Å². The summed E-state index contributed by atoms with van der Waals surface area (Å²) < 4.78 is 74.0. The standard InChI is InChI=1S/C58H36/c1-2-15-40-34-41(33-30-37(40)14-1)38-28-31-39(32-29-38)56-50-24-9-11-26-52(50)57(53-27-12-10-25-51(53)56)43-17-13-16-42(35-43)54-36-55-46-20-4-3-18-44(46)45-19-5-7-22-48(45)58(55)49-23-8-6-21-47(49)54/h1-36H/i9D,10D,11D,12D,24D,25D,26D,27D. The van der Waals surface area contributed by atoms with Crippen molar-refractivity contribution < 1.29 is 11.0 Å². The van der Waals surface area contributed by atoms with Gasteiger partial charge in [0.1, 0.15) is 0 Å². The molecule has 0 unspecified atom stereocenters. The van der Waals surface area contributed by atoms with Crippen LogP contribution in [0.1, 0.15) is 11.0 Å². The minimum atomic E-state index is -0.428. The Labute approximate surface area is 348 Å². The molecule has 58 heavy (non-hydrogen) atoms. The minimum absolute atomic E-state index is 0.185. The molecule has 12 rings (SSSR count). The van der Waals surface area contributed by atoms with E-state index in [0.29, 0.717) is 22.3 Å². The number of benzene rings is 12. The van der Waals surface area contributed by atoms with Crippen molar-refractivity contribution >= 4 is 75.4 Å². The molecule has 0 amide bonds. The number of rotatable bonds is 4. The largest absolute Gasteiger partial charge is 0.0629 e. The van der Waals surface area contributed by atoms with Crippen LogP contribution < -0.4 is 0 Å². The van der Waals surface area contributed by atoms with Crippen LogP contribution in [0.25, 0.3) is 120 Å². The Morgan fingerprint density at radius 1 is 0.259 bits per heavy atom. The lowest BCUT2D eigenvalue weighted by Crippen LogP contribution is -1.92. The van der Waals surface area contributed by atoms with Crippen LogP contribution in [0.2, 0.25) is 0 Å². The maximum Gasteiger partial charge on any atom is 0.0629 e. The monoisotopic (exact) mass is 740 g/mol. The molecule has 0 aliphatic rings. The van der Waals surface area contributed by atoms with Crippen molar-refractivity contribution in [3.05, 3.63) is 218 Å². The molecular formula is C58H36. The first-order valence-corrected chi connectivity index (χ1v) is 19.5. The Kier molecular flexibility index (Phi) is 5.74. The van der Waals surface area contributed by atoms with Crippen LogP contribution in [0.4, 0.5) is 0 Å². The highest BCUT2D eigenvalue weighted by molar-refractivity contribution is 6.33. The maximum atomic E-state index is 9.56. The fourth-order valence-corrected chi connectivity index (χ4v) is 9.25. The molecule has 268 valence electrons. The van der Waals surface area contributed by atoms with Gasteiger partial charge in [-0.15, -0.1) is 0 Å². The Balaban J connectivity index is 1.16. The molecule has 0 saturated heterocycles. The molecule has 0 aliphatic carbocycles. The zero-order chi connectivity index (χ0) is 45.1. The molecule has 0 heteroatoms. The average molecular weight is 741 g/mol. The van der Waals surface area contributed by atoms with Gasteiger partial charge in [0.15, 0.2) is 0 Å². The summed E-state index contributed by atoms with van der Waals surface area (Å²) in [4.78, 5) is 0. The van der Waals surface area contributed by atoms with Crippen LogP contribution in [0, 0.1) is 0 Å². The molecule has 0 aromatic heterocycles. The Morgan fingerprint density at radius 3 is 1.38 bits per heavy atom. The van der Waals surface area contributed by atoms with E-state index in [-0.39, 0.29) is 45.7 Å². The van der Waals surface area contributed by atoms with Crippen molar-refractivity contribution in [2.75, 3.05) is 0 Å². The first-order valence-electron chi connectivity index (χ1n) is 23.5. The summed E-state index contributed by atoms with van der Waals surface area (Å²) in [5.41, 5.74) is 5.49. The zero-order valence-corrected chi connectivity index (χ0v) is 31.2. The van der Waals surface area contributed by atoms with E-state index in [1.54, 1.807) is 0 Å². The summed E-state index contributed by atoms with van der Waals surface area (Å²) in [7, 11) is 0. The van der Waals surface area contributed by atoms with Crippen molar-refractivity contribution in [1.82, 2.24) is 0 Å². The number of hydrogen-bond acceptors (Lipinski definition) is 0. The maximum absolute atomic E-state index is 9.56. The summed E-state index contributed by atoms with van der Waals surface area (Å²) in [5, 5.41) is 12.0. The summed E-state index contributed by atoms with van der Waals surface area (Å²) in [5.74, 6) is 0. The highest BCUT2D eigenvalue weighted by Gasteiger charge is 2.19. The fourth-order valence-electron chi connectivity index (χ4n) is 9.25. The van der Waals surface area contributed by atoms with Gasteiger partial charge in [-0.1, -0.05) is 200 Å². The minimum Gasteiger partial charge on any atom is -0.0616 e. The molecule has 0 nitrogen and oxygen atoms in total. The summed E-state index contributed by atoms with van der Waals surface area (Å²) in [6.07, 6.45) is 0. The van der Waals surface area contributed by atoms with E-state index >= 15 is 0 Å². The van der Waals surface area contributed by atoms with Gasteiger partial charge >= 0.3 is 0 Å². The molecule has 0 spiro atoms. The molecule has 0 heterocycles. The second kappa shape index (κ2) is 13.0. The van der Waals surface area contributed by atoms with Crippen LogP contribution in [0.5, 0.6) is 0 Å². The van der Waals surface area contributed by atoms with E-state index in [1.807, 2.05) is 66.7 Å². The Hall–Kier alpha value is -7.54.